The van der Waals surface area contributed by atoms with Crippen LogP contribution in [0.25, 0.3) is 0 Å². The number of benzene rings is 1. The average molecular weight is 238 g/mol. The number of carbonyl (C=O) groups excluding carboxylic acids is 1. The molecule has 2 rings (SSSR count). The monoisotopic (exact) mass is 238 g/mol. The number of aldehydes is 1. The summed E-state index contributed by atoms with van der Waals surface area (Å²) in [6.45, 7) is 1.62. The summed E-state index contributed by atoms with van der Waals surface area (Å²) in [7, 11) is 0. The van der Waals surface area contributed by atoms with Gasteiger partial charge in [-0.05, 0) is 25.1 Å². The molecule has 2 atom stereocenters. The first-order valence-corrected chi connectivity index (χ1v) is 4.92. The van der Waals surface area contributed by atoms with Crippen molar-refractivity contribution < 1.29 is 28.9 Å². The van der Waals surface area contributed by atoms with Crippen molar-refractivity contribution in [3.05, 3.63) is 23.8 Å². The Morgan fingerprint density at radius 3 is 2.82 bits per heavy atom. The van der Waals surface area contributed by atoms with Gasteiger partial charge < -0.3 is 19.3 Å². The normalized spacial score (nSPS) is 21.7. The van der Waals surface area contributed by atoms with Gasteiger partial charge in [-0.3, -0.25) is 4.79 Å². The zero-order valence-corrected chi connectivity index (χ0v) is 8.95. The summed E-state index contributed by atoms with van der Waals surface area (Å²) in [6.07, 6.45) is -2.34. The molecule has 0 saturated carbocycles. The lowest BCUT2D eigenvalue weighted by Crippen LogP contribution is -2.40. The quantitative estimate of drug-likeness (QED) is 0.623. The van der Waals surface area contributed by atoms with E-state index in [1.165, 1.54) is 12.1 Å². The fourth-order valence-electron chi connectivity index (χ4n) is 1.48. The van der Waals surface area contributed by atoms with Crippen molar-refractivity contribution in [2.45, 2.75) is 19.3 Å². The molecule has 1 aromatic carbocycles. The third-order valence-corrected chi connectivity index (χ3v) is 2.26. The molecule has 1 N–H and O–H groups in total. The Labute approximate surface area is 96.7 Å². The highest BCUT2D eigenvalue weighted by Crippen LogP contribution is 2.34. The molecule has 1 aliphatic heterocycles. The smallest absolute Gasteiger partial charge is 0.479 e. The molecule has 0 bridgehead atoms. The minimum Gasteiger partial charge on any atom is -0.479 e. The predicted octanol–water partition coefficient (Wildman–Crippen LogP) is 1.68. The molecule has 0 radical (unpaired) electrons. The van der Waals surface area contributed by atoms with Crippen LogP contribution in [0.15, 0.2) is 18.2 Å². The molecule has 0 spiro atoms. The minimum absolute atomic E-state index is 0.347. The molecule has 1 aromatic rings. The van der Waals surface area contributed by atoms with Crippen LogP contribution in [-0.4, -0.2) is 29.9 Å². The average Bonchev–Trinajstić information content (AvgIpc) is 2.29. The lowest BCUT2D eigenvalue weighted by molar-refractivity contribution is -0.122. The number of hydrogen-bond donors (Lipinski definition) is 1. The van der Waals surface area contributed by atoms with E-state index >= 15 is 0 Å². The van der Waals surface area contributed by atoms with Crippen LogP contribution in [0, 0.1) is 0 Å². The van der Waals surface area contributed by atoms with Gasteiger partial charge in [-0.2, -0.15) is 0 Å². The van der Waals surface area contributed by atoms with Crippen molar-refractivity contribution in [2.75, 3.05) is 0 Å². The van der Waals surface area contributed by atoms with E-state index in [1.54, 1.807) is 13.0 Å². The largest absolute Gasteiger partial charge is 0.509 e. The van der Waals surface area contributed by atoms with Gasteiger partial charge in [0.1, 0.15) is 6.29 Å². The van der Waals surface area contributed by atoms with Crippen molar-refractivity contribution in [3.8, 4) is 11.5 Å². The van der Waals surface area contributed by atoms with Crippen LogP contribution in [0.4, 0.5) is 4.79 Å². The molecule has 1 aliphatic rings. The predicted molar refractivity (Wildman–Crippen MR) is 55.4 cm³/mol. The van der Waals surface area contributed by atoms with Gasteiger partial charge in [-0.1, -0.05) is 0 Å². The molecule has 0 aliphatic carbocycles. The number of carboxylic acid groups (broad SMARTS) is 1. The van der Waals surface area contributed by atoms with Gasteiger partial charge in [-0.15, -0.1) is 0 Å². The number of ether oxygens (including phenoxy) is 3. The summed E-state index contributed by atoms with van der Waals surface area (Å²) in [5.74, 6) is 0.743. The van der Waals surface area contributed by atoms with Gasteiger partial charge in [0.25, 0.3) is 6.29 Å². The molecule has 0 fully saturated rings. The van der Waals surface area contributed by atoms with Crippen LogP contribution in [-0.2, 0) is 4.74 Å². The van der Waals surface area contributed by atoms with Crippen molar-refractivity contribution in [3.63, 3.8) is 0 Å². The highest BCUT2D eigenvalue weighted by molar-refractivity contribution is 5.76. The fraction of sp³-hybridized carbons (Fsp3) is 0.273. The van der Waals surface area contributed by atoms with E-state index in [1.807, 2.05) is 0 Å². The minimum atomic E-state index is -1.43. The molecule has 6 nitrogen and oxygen atoms in total. The number of carbonyl (C=O) groups is 2. The van der Waals surface area contributed by atoms with Crippen LogP contribution < -0.4 is 9.47 Å². The molecule has 0 aromatic heterocycles. The second-order valence-electron chi connectivity index (χ2n) is 3.52. The highest BCUT2D eigenvalue weighted by Gasteiger charge is 2.31. The number of fused-ring (bicyclic) bond motifs is 1. The maximum absolute atomic E-state index is 10.6. The molecule has 0 saturated heterocycles. The van der Waals surface area contributed by atoms with Crippen LogP contribution in [0.1, 0.15) is 17.3 Å². The maximum atomic E-state index is 10.6. The molecule has 90 valence electrons. The van der Waals surface area contributed by atoms with Crippen molar-refractivity contribution in [2.24, 2.45) is 0 Å². The third kappa shape index (κ3) is 2.30. The first-order valence-electron chi connectivity index (χ1n) is 4.92. The first-order chi connectivity index (χ1) is 8.10. The van der Waals surface area contributed by atoms with Crippen LogP contribution in [0.3, 0.4) is 0 Å². The van der Waals surface area contributed by atoms with Crippen LogP contribution in [0.5, 0.6) is 11.5 Å². The van der Waals surface area contributed by atoms with Gasteiger partial charge in [0.2, 0.25) is 0 Å². The van der Waals surface area contributed by atoms with Gasteiger partial charge in [0.15, 0.2) is 17.6 Å². The summed E-state index contributed by atoms with van der Waals surface area (Å²) in [6, 6.07) is 4.60. The summed E-state index contributed by atoms with van der Waals surface area (Å²) in [5, 5.41) is 8.51. The molecule has 17 heavy (non-hydrogen) atoms. The van der Waals surface area contributed by atoms with E-state index in [-0.39, 0.29) is 0 Å². The van der Waals surface area contributed by atoms with Crippen molar-refractivity contribution in [1.29, 1.82) is 0 Å². The SMILES string of the molecule is CC1Oc2cc(C=O)ccc2OC1OC(=O)O. The Kier molecular flexibility index (Phi) is 2.86. The van der Waals surface area contributed by atoms with Gasteiger partial charge in [-0.25, -0.2) is 4.79 Å². The van der Waals surface area contributed by atoms with Crippen LogP contribution >= 0.6 is 0 Å². The zero-order valence-electron chi connectivity index (χ0n) is 8.95. The van der Waals surface area contributed by atoms with Crippen molar-refractivity contribution >= 4 is 12.4 Å². The summed E-state index contributed by atoms with van der Waals surface area (Å²) in [4.78, 5) is 21.0. The first kappa shape index (κ1) is 11.3. The Bertz CT molecular complexity index is 455. The second kappa shape index (κ2) is 4.32. The lowest BCUT2D eigenvalue weighted by atomic mass is 10.2. The summed E-state index contributed by atoms with van der Waals surface area (Å²) < 4.78 is 15.2. The van der Waals surface area contributed by atoms with E-state index in [4.69, 9.17) is 14.6 Å². The summed E-state index contributed by atoms with van der Waals surface area (Å²) in [5.41, 5.74) is 0.456. The Hall–Kier alpha value is -2.24. The molecule has 1 heterocycles. The molecule has 2 unspecified atom stereocenters. The Balaban J connectivity index is 2.23. The van der Waals surface area contributed by atoms with Crippen LogP contribution in [0.2, 0.25) is 0 Å². The second-order valence-corrected chi connectivity index (χ2v) is 3.52. The Morgan fingerprint density at radius 1 is 1.41 bits per heavy atom. The molecular weight excluding hydrogens is 228 g/mol. The molecular formula is C11H10O6. The lowest BCUT2D eigenvalue weighted by Gasteiger charge is -2.30. The number of rotatable bonds is 2. The standard InChI is InChI=1S/C11H10O6/c1-6-10(17-11(13)14)16-8-3-2-7(5-12)4-9(8)15-6/h2-6,10H,1H3,(H,13,14). The van der Waals surface area contributed by atoms with E-state index in [9.17, 15) is 9.59 Å². The van der Waals surface area contributed by atoms with Gasteiger partial charge >= 0.3 is 6.16 Å². The Morgan fingerprint density at radius 2 is 2.18 bits per heavy atom. The van der Waals surface area contributed by atoms with Crippen molar-refractivity contribution in [1.82, 2.24) is 0 Å². The maximum Gasteiger partial charge on any atom is 0.509 e. The van der Waals surface area contributed by atoms with E-state index in [2.05, 4.69) is 4.74 Å². The third-order valence-electron chi connectivity index (χ3n) is 2.26. The number of hydrogen-bond acceptors (Lipinski definition) is 5. The van der Waals surface area contributed by atoms with Gasteiger partial charge in [0.05, 0.1) is 0 Å². The topological polar surface area (TPSA) is 82.1 Å². The fourth-order valence-corrected chi connectivity index (χ4v) is 1.48. The van der Waals surface area contributed by atoms with Gasteiger partial charge in [0, 0.05) is 5.56 Å². The molecule has 0 amide bonds. The van der Waals surface area contributed by atoms with E-state index in [0.29, 0.717) is 23.3 Å². The molecule has 6 heteroatoms. The van der Waals surface area contributed by atoms with E-state index in [0.717, 1.165) is 0 Å². The zero-order chi connectivity index (χ0) is 12.4. The summed E-state index contributed by atoms with van der Waals surface area (Å²) >= 11 is 0. The highest BCUT2D eigenvalue weighted by atomic mass is 16.8. The van der Waals surface area contributed by atoms with E-state index < -0.39 is 18.5 Å².